The van der Waals surface area contributed by atoms with Gasteiger partial charge in [0.1, 0.15) is 0 Å². The summed E-state index contributed by atoms with van der Waals surface area (Å²) >= 11 is 0. The number of nitrogens with two attached hydrogens (primary N) is 1. The van der Waals surface area contributed by atoms with Crippen LogP contribution in [0.2, 0.25) is 0 Å². The molecule has 0 spiro atoms. The number of likely N-dealkylation sites (tertiary alicyclic amines) is 1. The number of hydrogen-bond acceptors (Lipinski definition) is 2. The molecule has 1 aliphatic rings. The van der Waals surface area contributed by atoms with Crippen LogP contribution >= 0.6 is 0 Å². The first kappa shape index (κ1) is 11.5. The number of carbonyl (C=O) groups is 1. The van der Waals surface area contributed by atoms with Gasteiger partial charge in [0.15, 0.2) is 0 Å². The molecule has 2 N–H and O–H groups in total. The average Bonchev–Trinajstić information content (AvgIpc) is 2.26. The van der Waals surface area contributed by atoms with Gasteiger partial charge < -0.3 is 10.6 Å². The van der Waals surface area contributed by atoms with Crippen molar-refractivity contribution in [3.05, 3.63) is 0 Å². The van der Waals surface area contributed by atoms with Crippen LogP contribution in [0.15, 0.2) is 0 Å². The molecule has 1 unspecified atom stereocenters. The monoisotopic (exact) mass is 198 g/mol. The van der Waals surface area contributed by atoms with Crippen molar-refractivity contribution < 1.29 is 4.79 Å². The molecular formula is C11H22N2O. The summed E-state index contributed by atoms with van der Waals surface area (Å²) in [6, 6.07) is 0. The van der Waals surface area contributed by atoms with Gasteiger partial charge in [-0.1, -0.05) is 13.3 Å². The van der Waals surface area contributed by atoms with E-state index >= 15 is 0 Å². The first-order valence-corrected chi connectivity index (χ1v) is 5.78. The lowest BCUT2D eigenvalue weighted by molar-refractivity contribution is -0.136. The summed E-state index contributed by atoms with van der Waals surface area (Å²) in [7, 11) is 0. The van der Waals surface area contributed by atoms with E-state index in [2.05, 4.69) is 6.92 Å². The van der Waals surface area contributed by atoms with Gasteiger partial charge in [-0.05, 0) is 25.7 Å². The van der Waals surface area contributed by atoms with Crippen LogP contribution in [0.1, 0.15) is 39.0 Å². The highest BCUT2D eigenvalue weighted by Gasteiger charge is 2.23. The topological polar surface area (TPSA) is 46.3 Å². The first-order chi connectivity index (χ1) is 6.79. The lowest BCUT2D eigenvalue weighted by Crippen LogP contribution is -2.41. The average molecular weight is 198 g/mol. The zero-order valence-electron chi connectivity index (χ0n) is 9.17. The van der Waals surface area contributed by atoms with Gasteiger partial charge in [-0.2, -0.15) is 0 Å². The molecule has 0 aromatic rings. The highest BCUT2D eigenvalue weighted by atomic mass is 16.2. The maximum atomic E-state index is 12.0. The van der Waals surface area contributed by atoms with E-state index in [4.69, 9.17) is 5.73 Å². The van der Waals surface area contributed by atoms with Gasteiger partial charge in [0, 0.05) is 19.6 Å². The van der Waals surface area contributed by atoms with Gasteiger partial charge in [-0.15, -0.1) is 0 Å². The molecule has 1 atom stereocenters. The minimum Gasteiger partial charge on any atom is -0.342 e. The summed E-state index contributed by atoms with van der Waals surface area (Å²) in [5.74, 6) is 0.354. The van der Waals surface area contributed by atoms with Crippen molar-refractivity contribution in [1.82, 2.24) is 4.90 Å². The fraction of sp³-hybridized carbons (Fsp3) is 0.909. The number of hydrogen-bond donors (Lipinski definition) is 1. The number of nitrogens with zero attached hydrogens (tertiary/aromatic N) is 1. The summed E-state index contributed by atoms with van der Waals surface area (Å²) in [5.41, 5.74) is 5.62. The van der Waals surface area contributed by atoms with E-state index in [1.807, 2.05) is 4.90 Å². The van der Waals surface area contributed by atoms with Gasteiger partial charge in [-0.25, -0.2) is 0 Å². The first-order valence-electron chi connectivity index (χ1n) is 5.78. The molecule has 1 heterocycles. The second kappa shape index (κ2) is 6.02. The predicted octanol–water partition coefficient (Wildman–Crippen LogP) is 1.37. The van der Waals surface area contributed by atoms with E-state index in [-0.39, 0.29) is 11.8 Å². The summed E-state index contributed by atoms with van der Waals surface area (Å²) < 4.78 is 0. The van der Waals surface area contributed by atoms with Crippen molar-refractivity contribution >= 4 is 5.91 Å². The van der Waals surface area contributed by atoms with E-state index in [0.717, 1.165) is 38.8 Å². The van der Waals surface area contributed by atoms with E-state index in [1.54, 1.807) is 0 Å². The maximum absolute atomic E-state index is 12.0. The lowest BCUT2D eigenvalue weighted by Gasteiger charge is -2.29. The highest BCUT2D eigenvalue weighted by Crippen LogP contribution is 2.14. The van der Waals surface area contributed by atoms with Gasteiger partial charge in [0.2, 0.25) is 5.91 Å². The Hall–Kier alpha value is -0.570. The van der Waals surface area contributed by atoms with Crippen LogP contribution in [-0.4, -0.2) is 30.4 Å². The van der Waals surface area contributed by atoms with Crippen molar-refractivity contribution in [2.24, 2.45) is 11.7 Å². The molecule has 1 rings (SSSR count). The van der Waals surface area contributed by atoms with E-state index in [1.165, 1.54) is 6.42 Å². The van der Waals surface area contributed by atoms with Crippen LogP contribution in [0, 0.1) is 5.92 Å². The lowest BCUT2D eigenvalue weighted by atomic mass is 10.0. The van der Waals surface area contributed by atoms with E-state index in [0.29, 0.717) is 6.54 Å². The third-order valence-corrected chi connectivity index (χ3v) is 2.94. The molecule has 0 aromatic heterocycles. The third kappa shape index (κ3) is 2.98. The molecule has 0 saturated carbocycles. The van der Waals surface area contributed by atoms with Gasteiger partial charge in [0.05, 0.1) is 5.92 Å². The molecule has 0 radical (unpaired) electrons. The molecule has 1 aliphatic heterocycles. The molecule has 82 valence electrons. The third-order valence-electron chi connectivity index (χ3n) is 2.94. The molecule has 0 aromatic carbocycles. The summed E-state index contributed by atoms with van der Waals surface area (Å²) in [6.07, 6.45) is 5.57. The van der Waals surface area contributed by atoms with Crippen molar-refractivity contribution in [1.29, 1.82) is 0 Å². The Kier molecular flexibility index (Phi) is 4.94. The maximum Gasteiger partial charge on any atom is 0.226 e. The second-order valence-corrected chi connectivity index (χ2v) is 4.11. The standard InChI is InChI=1S/C11H22N2O/c1-2-6-10(9-12)11(14)13-7-4-3-5-8-13/h10H,2-9,12H2,1H3. The van der Waals surface area contributed by atoms with Crippen LogP contribution in [0.3, 0.4) is 0 Å². The molecule has 0 aliphatic carbocycles. The zero-order valence-corrected chi connectivity index (χ0v) is 9.17. The molecule has 3 nitrogen and oxygen atoms in total. The fourth-order valence-electron chi connectivity index (χ4n) is 2.06. The largest absolute Gasteiger partial charge is 0.342 e. The quantitative estimate of drug-likeness (QED) is 0.741. The van der Waals surface area contributed by atoms with Crippen LogP contribution in [0.5, 0.6) is 0 Å². The van der Waals surface area contributed by atoms with Crippen LogP contribution in [0.4, 0.5) is 0 Å². The predicted molar refractivity (Wildman–Crippen MR) is 57.9 cm³/mol. The van der Waals surface area contributed by atoms with Gasteiger partial charge in [-0.3, -0.25) is 4.79 Å². The second-order valence-electron chi connectivity index (χ2n) is 4.11. The minimum atomic E-state index is 0.0677. The minimum absolute atomic E-state index is 0.0677. The molecule has 1 fully saturated rings. The Morgan fingerprint density at radius 3 is 2.50 bits per heavy atom. The number of carbonyl (C=O) groups excluding carboxylic acids is 1. The number of amides is 1. The summed E-state index contributed by atoms with van der Waals surface area (Å²) in [4.78, 5) is 14.0. The Morgan fingerprint density at radius 1 is 1.36 bits per heavy atom. The van der Waals surface area contributed by atoms with Crippen molar-refractivity contribution in [3.63, 3.8) is 0 Å². The van der Waals surface area contributed by atoms with Crippen molar-refractivity contribution in [2.45, 2.75) is 39.0 Å². The van der Waals surface area contributed by atoms with Gasteiger partial charge in [0.25, 0.3) is 0 Å². The Morgan fingerprint density at radius 2 is 2.00 bits per heavy atom. The fourth-order valence-corrected chi connectivity index (χ4v) is 2.06. The van der Waals surface area contributed by atoms with E-state index < -0.39 is 0 Å². The molecule has 1 saturated heterocycles. The molecule has 3 heteroatoms. The smallest absolute Gasteiger partial charge is 0.226 e. The summed E-state index contributed by atoms with van der Waals surface area (Å²) in [5, 5.41) is 0. The number of piperidine rings is 1. The highest BCUT2D eigenvalue weighted by molar-refractivity contribution is 5.79. The molecule has 0 bridgehead atoms. The van der Waals surface area contributed by atoms with Gasteiger partial charge >= 0.3 is 0 Å². The van der Waals surface area contributed by atoms with Crippen LogP contribution in [0.25, 0.3) is 0 Å². The zero-order chi connectivity index (χ0) is 10.4. The van der Waals surface area contributed by atoms with Crippen LogP contribution < -0.4 is 5.73 Å². The van der Waals surface area contributed by atoms with Crippen LogP contribution in [-0.2, 0) is 4.79 Å². The Labute approximate surface area is 86.6 Å². The summed E-state index contributed by atoms with van der Waals surface area (Å²) in [6.45, 7) is 4.49. The normalized spacial score (nSPS) is 19.4. The Bertz CT molecular complexity index is 169. The number of rotatable bonds is 4. The van der Waals surface area contributed by atoms with Crippen molar-refractivity contribution in [2.75, 3.05) is 19.6 Å². The SMILES string of the molecule is CCCC(CN)C(=O)N1CCCCC1. The molecule has 14 heavy (non-hydrogen) atoms. The Balaban J connectivity index is 2.43. The molecule has 1 amide bonds. The van der Waals surface area contributed by atoms with E-state index in [9.17, 15) is 4.79 Å². The molecular weight excluding hydrogens is 176 g/mol. The van der Waals surface area contributed by atoms with Crippen molar-refractivity contribution in [3.8, 4) is 0 Å².